The number of aromatic nitrogens is 1. The Labute approximate surface area is 159 Å². The van der Waals surface area contributed by atoms with Gasteiger partial charge in [0.1, 0.15) is 11.5 Å². The number of carbonyl (C=O) groups excluding carboxylic acids is 1. The van der Waals surface area contributed by atoms with Crippen LogP contribution in [-0.4, -0.2) is 30.1 Å². The first-order valence-corrected chi connectivity index (χ1v) is 7.47. The van der Waals surface area contributed by atoms with Crippen molar-refractivity contribution in [3.8, 4) is 17.4 Å². The molecule has 138 valence electrons. The first-order chi connectivity index (χ1) is 11.1. The average Bonchev–Trinajstić information content (AvgIpc) is 2.55. The highest BCUT2D eigenvalue weighted by Gasteiger charge is 2.04. The summed E-state index contributed by atoms with van der Waals surface area (Å²) in [5.41, 5.74) is 5.61. The van der Waals surface area contributed by atoms with E-state index < -0.39 is 0 Å². The number of halogens is 2. The minimum atomic E-state index is -0.167. The zero-order valence-electron chi connectivity index (χ0n) is 13.9. The molecule has 3 N–H and O–H groups in total. The van der Waals surface area contributed by atoms with Crippen molar-refractivity contribution in [2.24, 2.45) is 5.73 Å². The summed E-state index contributed by atoms with van der Waals surface area (Å²) < 4.78 is 11.0. The van der Waals surface area contributed by atoms with Crippen molar-refractivity contribution < 1.29 is 14.3 Å². The SMILES string of the molecule is CC(N)CCNC(=O)COc1ccc(Oc2ccccn2)cc1.Cl.Cl. The fraction of sp³-hybridized carbons (Fsp3) is 0.294. The average molecular weight is 388 g/mol. The van der Waals surface area contributed by atoms with Crippen LogP contribution in [0.1, 0.15) is 13.3 Å². The summed E-state index contributed by atoms with van der Waals surface area (Å²) in [7, 11) is 0. The summed E-state index contributed by atoms with van der Waals surface area (Å²) in [4.78, 5) is 15.7. The lowest BCUT2D eigenvalue weighted by Gasteiger charge is -2.09. The molecule has 8 heteroatoms. The molecule has 1 unspecified atom stereocenters. The first-order valence-electron chi connectivity index (χ1n) is 7.47. The number of pyridine rings is 1. The van der Waals surface area contributed by atoms with Crippen LogP contribution < -0.4 is 20.5 Å². The molecule has 0 bridgehead atoms. The minimum absolute atomic E-state index is 0. The lowest BCUT2D eigenvalue weighted by Crippen LogP contribution is -2.32. The van der Waals surface area contributed by atoms with Gasteiger partial charge in [0.2, 0.25) is 5.88 Å². The van der Waals surface area contributed by atoms with Crippen LogP contribution in [0.3, 0.4) is 0 Å². The van der Waals surface area contributed by atoms with Crippen LogP contribution in [-0.2, 0) is 4.79 Å². The molecular weight excluding hydrogens is 365 g/mol. The zero-order chi connectivity index (χ0) is 16.5. The Morgan fingerprint density at radius 2 is 1.84 bits per heavy atom. The molecule has 6 nitrogen and oxygen atoms in total. The molecule has 2 aromatic rings. The molecule has 1 heterocycles. The van der Waals surface area contributed by atoms with Crippen molar-refractivity contribution in [2.45, 2.75) is 19.4 Å². The number of nitrogens with one attached hydrogen (secondary N) is 1. The molecule has 0 aliphatic rings. The van der Waals surface area contributed by atoms with E-state index in [2.05, 4.69) is 10.3 Å². The summed E-state index contributed by atoms with van der Waals surface area (Å²) in [6, 6.07) is 12.5. The highest BCUT2D eigenvalue weighted by atomic mass is 35.5. The molecule has 1 amide bonds. The standard InChI is InChI=1S/C17H21N3O3.2ClH/c1-13(18)9-11-19-16(21)12-22-14-5-7-15(8-6-14)23-17-4-2-3-10-20-17;;/h2-8,10,13H,9,11-12,18H2,1H3,(H,19,21);2*1H. The Morgan fingerprint density at radius 3 is 2.44 bits per heavy atom. The van der Waals surface area contributed by atoms with Crippen molar-refractivity contribution in [1.29, 1.82) is 0 Å². The van der Waals surface area contributed by atoms with Crippen LogP contribution in [0.5, 0.6) is 17.4 Å². The molecule has 0 saturated heterocycles. The van der Waals surface area contributed by atoms with Gasteiger partial charge in [0, 0.05) is 24.8 Å². The van der Waals surface area contributed by atoms with Crippen molar-refractivity contribution in [3.63, 3.8) is 0 Å². The van der Waals surface area contributed by atoms with E-state index in [0.717, 1.165) is 6.42 Å². The maximum Gasteiger partial charge on any atom is 0.257 e. The van der Waals surface area contributed by atoms with Gasteiger partial charge in [-0.3, -0.25) is 4.79 Å². The molecular formula is C17H23Cl2N3O3. The normalized spacial score (nSPS) is 10.6. The summed E-state index contributed by atoms with van der Waals surface area (Å²) in [5.74, 6) is 1.60. The van der Waals surface area contributed by atoms with Crippen LogP contribution in [0.25, 0.3) is 0 Å². The maximum absolute atomic E-state index is 11.6. The van der Waals surface area contributed by atoms with Crippen LogP contribution >= 0.6 is 24.8 Å². The highest BCUT2D eigenvalue weighted by molar-refractivity contribution is 5.85. The quantitative estimate of drug-likeness (QED) is 0.726. The summed E-state index contributed by atoms with van der Waals surface area (Å²) in [6.07, 6.45) is 2.40. The predicted molar refractivity (Wildman–Crippen MR) is 102 cm³/mol. The third-order valence-corrected chi connectivity index (χ3v) is 2.98. The van der Waals surface area contributed by atoms with Crippen LogP contribution in [0, 0.1) is 0 Å². The van der Waals surface area contributed by atoms with Crippen LogP contribution in [0.15, 0.2) is 48.7 Å². The molecule has 0 saturated carbocycles. The van der Waals surface area contributed by atoms with Gasteiger partial charge in [0.25, 0.3) is 5.91 Å². The lowest BCUT2D eigenvalue weighted by molar-refractivity contribution is -0.123. The number of nitrogens with two attached hydrogens (primary N) is 1. The number of nitrogens with zero attached hydrogens (tertiary/aromatic N) is 1. The number of rotatable bonds is 8. The van der Waals surface area contributed by atoms with E-state index in [1.807, 2.05) is 19.1 Å². The van der Waals surface area contributed by atoms with E-state index in [1.54, 1.807) is 36.5 Å². The van der Waals surface area contributed by atoms with E-state index in [-0.39, 0.29) is 43.4 Å². The van der Waals surface area contributed by atoms with Crippen molar-refractivity contribution in [1.82, 2.24) is 10.3 Å². The minimum Gasteiger partial charge on any atom is -0.484 e. The Hall–Kier alpha value is -2.02. The third-order valence-electron chi connectivity index (χ3n) is 2.98. The van der Waals surface area contributed by atoms with Gasteiger partial charge in [-0.2, -0.15) is 0 Å². The molecule has 1 aromatic heterocycles. The van der Waals surface area contributed by atoms with Crippen LogP contribution in [0.2, 0.25) is 0 Å². The first kappa shape index (κ1) is 23.0. The molecule has 0 fully saturated rings. The fourth-order valence-corrected chi connectivity index (χ4v) is 1.77. The second kappa shape index (κ2) is 12.4. The molecule has 0 radical (unpaired) electrons. The van der Waals surface area contributed by atoms with E-state index in [9.17, 15) is 4.79 Å². The maximum atomic E-state index is 11.6. The zero-order valence-corrected chi connectivity index (χ0v) is 15.5. The second-order valence-electron chi connectivity index (χ2n) is 5.15. The van der Waals surface area contributed by atoms with Gasteiger partial charge in [-0.1, -0.05) is 6.07 Å². The van der Waals surface area contributed by atoms with E-state index >= 15 is 0 Å². The molecule has 0 spiro atoms. The monoisotopic (exact) mass is 387 g/mol. The van der Waals surface area contributed by atoms with Gasteiger partial charge in [-0.25, -0.2) is 4.98 Å². The van der Waals surface area contributed by atoms with Gasteiger partial charge in [0.15, 0.2) is 6.61 Å². The van der Waals surface area contributed by atoms with Gasteiger partial charge in [-0.05, 0) is 43.7 Å². The molecule has 2 rings (SSSR count). The summed E-state index contributed by atoms with van der Waals surface area (Å²) >= 11 is 0. The van der Waals surface area contributed by atoms with Gasteiger partial charge in [-0.15, -0.1) is 24.8 Å². The molecule has 1 atom stereocenters. The third kappa shape index (κ3) is 9.14. The van der Waals surface area contributed by atoms with Crippen LogP contribution in [0.4, 0.5) is 0 Å². The van der Waals surface area contributed by atoms with Crippen molar-refractivity contribution >= 4 is 30.7 Å². The molecule has 0 aliphatic carbocycles. The number of ether oxygens (including phenoxy) is 2. The molecule has 0 aliphatic heterocycles. The summed E-state index contributed by atoms with van der Waals surface area (Å²) in [5, 5.41) is 2.75. The number of benzene rings is 1. The Kier molecular flexibility index (Phi) is 11.4. The van der Waals surface area contributed by atoms with Crippen molar-refractivity contribution in [3.05, 3.63) is 48.7 Å². The Balaban J connectivity index is 0.00000288. The second-order valence-corrected chi connectivity index (χ2v) is 5.15. The predicted octanol–water partition coefficient (Wildman–Crippen LogP) is 2.95. The topological polar surface area (TPSA) is 86.5 Å². The highest BCUT2D eigenvalue weighted by Crippen LogP contribution is 2.22. The smallest absolute Gasteiger partial charge is 0.257 e. The number of amides is 1. The van der Waals surface area contributed by atoms with Gasteiger partial charge in [0.05, 0.1) is 0 Å². The molecule has 1 aromatic carbocycles. The van der Waals surface area contributed by atoms with E-state index in [1.165, 1.54) is 0 Å². The lowest BCUT2D eigenvalue weighted by atomic mass is 10.2. The van der Waals surface area contributed by atoms with E-state index in [0.29, 0.717) is 23.9 Å². The Bertz CT molecular complexity index is 610. The van der Waals surface area contributed by atoms with Gasteiger partial charge >= 0.3 is 0 Å². The Morgan fingerprint density at radius 1 is 1.16 bits per heavy atom. The number of hydrogen-bond acceptors (Lipinski definition) is 5. The van der Waals surface area contributed by atoms with E-state index in [4.69, 9.17) is 15.2 Å². The molecule has 25 heavy (non-hydrogen) atoms. The number of hydrogen-bond donors (Lipinski definition) is 2. The van der Waals surface area contributed by atoms with Gasteiger partial charge < -0.3 is 20.5 Å². The largest absolute Gasteiger partial charge is 0.484 e. The van der Waals surface area contributed by atoms with Crippen molar-refractivity contribution in [2.75, 3.05) is 13.2 Å². The fourth-order valence-electron chi connectivity index (χ4n) is 1.77. The summed E-state index contributed by atoms with van der Waals surface area (Å²) in [6.45, 7) is 2.42. The number of carbonyl (C=O) groups is 1.